The molecule has 1 aliphatic rings. The fourth-order valence-corrected chi connectivity index (χ4v) is 5.16. The second kappa shape index (κ2) is 12.0. The maximum Gasteiger partial charge on any atom is 0.270 e. The van der Waals surface area contributed by atoms with Gasteiger partial charge in [-0.2, -0.15) is 0 Å². The van der Waals surface area contributed by atoms with Gasteiger partial charge in [0.25, 0.3) is 4.38 Å². The lowest BCUT2D eigenvalue weighted by Gasteiger charge is -2.02. The quantitative estimate of drug-likeness (QED) is 0.351. The van der Waals surface area contributed by atoms with E-state index in [-0.39, 0.29) is 0 Å². The fourth-order valence-electron chi connectivity index (χ4n) is 2.48. The van der Waals surface area contributed by atoms with E-state index in [0.717, 1.165) is 6.04 Å². The summed E-state index contributed by atoms with van der Waals surface area (Å²) in [6, 6.07) is 0.732. The standard InChI is InChI=1S/C17H34NS2/c1-4-5-6-7-8-9-10-11-12-13-14-19-17-18(3)16(2)15-20-17/h16H,4-15H2,1-3H3/q+1/t16-/m1/s1. The van der Waals surface area contributed by atoms with Crippen LogP contribution in [0.25, 0.3) is 0 Å². The van der Waals surface area contributed by atoms with Gasteiger partial charge in [0.15, 0.2) is 6.04 Å². The molecule has 20 heavy (non-hydrogen) atoms. The van der Waals surface area contributed by atoms with E-state index in [0.29, 0.717) is 0 Å². The van der Waals surface area contributed by atoms with Crippen LogP contribution in [0.2, 0.25) is 0 Å². The van der Waals surface area contributed by atoms with Gasteiger partial charge >= 0.3 is 0 Å². The molecule has 3 heteroatoms. The molecule has 118 valence electrons. The number of rotatable bonds is 11. The third kappa shape index (κ3) is 7.97. The van der Waals surface area contributed by atoms with Crippen LogP contribution in [-0.2, 0) is 0 Å². The van der Waals surface area contributed by atoms with Crippen LogP contribution in [0.1, 0.15) is 78.1 Å². The summed E-state index contributed by atoms with van der Waals surface area (Å²) in [5, 5.41) is 0. The van der Waals surface area contributed by atoms with Gasteiger partial charge in [0.1, 0.15) is 7.05 Å². The maximum absolute atomic E-state index is 2.45. The largest absolute Gasteiger partial charge is 0.270 e. The Kier molecular flexibility index (Phi) is 11.0. The molecule has 0 saturated carbocycles. The molecule has 1 rings (SSSR count). The van der Waals surface area contributed by atoms with Crippen molar-refractivity contribution in [3.8, 4) is 0 Å². The van der Waals surface area contributed by atoms with Gasteiger partial charge in [-0.3, -0.25) is 0 Å². The first kappa shape index (κ1) is 18.4. The van der Waals surface area contributed by atoms with Crippen LogP contribution < -0.4 is 0 Å². The topological polar surface area (TPSA) is 3.01 Å². The van der Waals surface area contributed by atoms with Crippen molar-refractivity contribution in [2.24, 2.45) is 0 Å². The zero-order valence-electron chi connectivity index (χ0n) is 13.8. The average molecular weight is 317 g/mol. The van der Waals surface area contributed by atoms with Gasteiger partial charge in [-0.05, 0) is 25.1 Å². The fraction of sp³-hybridized carbons (Fsp3) is 0.941. The van der Waals surface area contributed by atoms with Gasteiger partial charge in [0.2, 0.25) is 0 Å². The van der Waals surface area contributed by atoms with Crippen molar-refractivity contribution in [1.29, 1.82) is 0 Å². The molecule has 0 radical (unpaired) electrons. The SMILES string of the molecule is CCCCCCCCCCCCSC1=[N+](C)[C@H](C)CS1. The first-order valence-corrected chi connectivity index (χ1v) is 10.6. The molecular weight excluding hydrogens is 282 g/mol. The van der Waals surface area contributed by atoms with Crippen molar-refractivity contribution < 1.29 is 4.58 Å². The molecule has 0 amide bonds. The van der Waals surface area contributed by atoms with Gasteiger partial charge in [-0.1, -0.05) is 76.5 Å². The molecule has 0 aromatic carbocycles. The molecule has 1 heterocycles. The van der Waals surface area contributed by atoms with E-state index in [4.69, 9.17) is 0 Å². The summed E-state index contributed by atoms with van der Waals surface area (Å²) in [6.07, 6.45) is 14.4. The second-order valence-corrected chi connectivity index (χ2v) is 8.42. The van der Waals surface area contributed by atoms with E-state index in [2.05, 4.69) is 37.2 Å². The Balaban J connectivity index is 1.84. The number of nitrogens with zero attached hydrogens (tertiary/aromatic N) is 1. The molecule has 0 aliphatic carbocycles. The van der Waals surface area contributed by atoms with E-state index in [1.54, 1.807) is 4.38 Å². The summed E-state index contributed by atoms with van der Waals surface area (Å²) in [6.45, 7) is 4.61. The second-order valence-electron chi connectivity index (χ2n) is 6.07. The molecule has 0 N–H and O–H groups in total. The monoisotopic (exact) mass is 316 g/mol. The molecule has 0 aromatic rings. The van der Waals surface area contributed by atoms with Crippen LogP contribution >= 0.6 is 23.5 Å². The van der Waals surface area contributed by atoms with Gasteiger partial charge in [-0.15, -0.1) is 0 Å². The van der Waals surface area contributed by atoms with Crippen molar-refractivity contribution in [3.05, 3.63) is 0 Å². The minimum atomic E-state index is 0.732. The first-order valence-electron chi connectivity index (χ1n) is 8.61. The average Bonchev–Trinajstić information content (AvgIpc) is 2.76. The van der Waals surface area contributed by atoms with Gasteiger partial charge in [0, 0.05) is 5.75 Å². The molecule has 0 unspecified atom stereocenters. The van der Waals surface area contributed by atoms with Gasteiger partial charge < -0.3 is 0 Å². The lowest BCUT2D eigenvalue weighted by atomic mass is 10.1. The third-order valence-corrected chi connectivity index (χ3v) is 7.04. The normalized spacial score (nSPS) is 19.1. The van der Waals surface area contributed by atoms with Crippen LogP contribution in [0, 0.1) is 0 Å². The Morgan fingerprint density at radius 1 is 1.00 bits per heavy atom. The highest BCUT2D eigenvalue weighted by atomic mass is 32.2. The van der Waals surface area contributed by atoms with Crippen molar-refractivity contribution in [3.63, 3.8) is 0 Å². The molecule has 1 aliphatic heterocycles. The van der Waals surface area contributed by atoms with E-state index in [1.165, 1.54) is 75.7 Å². The molecular formula is C17H34NS2+. The van der Waals surface area contributed by atoms with Gasteiger partial charge in [-0.25, -0.2) is 4.58 Å². The Bertz CT molecular complexity index is 276. The van der Waals surface area contributed by atoms with E-state index < -0.39 is 0 Å². The highest BCUT2D eigenvalue weighted by Gasteiger charge is 2.26. The van der Waals surface area contributed by atoms with Crippen LogP contribution in [0.3, 0.4) is 0 Å². The molecule has 0 aromatic heterocycles. The molecule has 0 bridgehead atoms. The van der Waals surface area contributed by atoms with Gasteiger partial charge in [0.05, 0.1) is 5.75 Å². The molecule has 1 nitrogen and oxygen atoms in total. The van der Waals surface area contributed by atoms with Crippen molar-refractivity contribution in [2.75, 3.05) is 18.6 Å². The first-order chi connectivity index (χ1) is 9.75. The Labute approximate surface area is 135 Å². The predicted molar refractivity (Wildman–Crippen MR) is 97.4 cm³/mol. The molecule has 0 saturated heterocycles. The van der Waals surface area contributed by atoms with E-state index in [1.807, 2.05) is 11.8 Å². The highest BCUT2D eigenvalue weighted by molar-refractivity contribution is 8.38. The Hall–Kier alpha value is 0.370. The molecule has 0 spiro atoms. The summed E-state index contributed by atoms with van der Waals surface area (Å²) in [5.41, 5.74) is 0. The summed E-state index contributed by atoms with van der Waals surface area (Å²) in [5.74, 6) is 2.59. The van der Waals surface area contributed by atoms with E-state index in [9.17, 15) is 0 Å². The van der Waals surface area contributed by atoms with Crippen LogP contribution in [-0.4, -0.2) is 33.5 Å². The molecule has 0 fully saturated rings. The van der Waals surface area contributed by atoms with Crippen LogP contribution in [0.4, 0.5) is 0 Å². The van der Waals surface area contributed by atoms with E-state index >= 15 is 0 Å². The lowest BCUT2D eigenvalue weighted by molar-refractivity contribution is -0.520. The number of thioether (sulfide) groups is 2. The lowest BCUT2D eigenvalue weighted by Crippen LogP contribution is -2.17. The number of hydrogen-bond acceptors (Lipinski definition) is 2. The smallest absolute Gasteiger partial charge is 0.218 e. The summed E-state index contributed by atoms with van der Waals surface area (Å²) < 4.78 is 4.00. The highest BCUT2D eigenvalue weighted by Crippen LogP contribution is 2.25. The Morgan fingerprint density at radius 3 is 2.05 bits per heavy atom. The summed E-state index contributed by atoms with van der Waals surface area (Å²) in [4.78, 5) is 0. The van der Waals surface area contributed by atoms with Crippen molar-refractivity contribution >= 4 is 27.9 Å². The maximum atomic E-state index is 2.45. The minimum Gasteiger partial charge on any atom is -0.218 e. The predicted octanol–water partition coefficient (Wildman–Crippen LogP) is 5.77. The van der Waals surface area contributed by atoms with Crippen molar-refractivity contribution in [2.45, 2.75) is 84.1 Å². The summed E-state index contributed by atoms with van der Waals surface area (Å²) in [7, 11) is 2.24. The Morgan fingerprint density at radius 2 is 1.55 bits per heavy atom. The number of unbranched alkanes of at least 4 members (excludes halogenated alkanes) is 9. The number of hydrogen-bond donors (Lipinski definition) is 0. The molecule has 1 atom stereocenters. The summed E-state index contributed by atoms with van der Waals surface area (Å²) >= 11 is 4.12. The third-order valence-electron chi connectivity index (χ3n) is 4.12. The van der Waals surface area contributed by atoms with Crippen molar-refractivity contribution in [1.82, 2.24) is 0 Å². The zero-order chi connectivity index (χ0) is 14.6. The van der Waals surface area contributed by atoms with Crippen LogP contribution in [0.5, 0.6) is 0 Å². The van der Waals surface area contributed by atoms with Crippen LogP contribution in [0.15, 0.2) is 0 Å². The minimum absolute atomic E-state index is 0.732. The zero-order valence-corrected chi connectivity index (χ0v) is 15.5.